The zero-order valence-electron chi connectivity index (χ0n) is 28.1. The molecule has 1 saturated heterocycles. The fourth-order valence-corrected chi connectivity index (χ4v) is 7.63. The first-order valence-corrected chi connectivity index (χ1v) is 17.8. The van der Waals surface area contributed by atoms with Gasteiger partial charge < -0.3 is 40.9 Å². The number of rotatable bonds is 10. The van der Waals surface area contributed by atoms with Crippen LogP contribution in [0.3, 0.4) is 0 Å². The predicted octanol–water partition coefficient (Wildman–Crippen LogP) is 3.86. The van der Waals surface area contributed by atoms with Crippen molar-refractivity contribution in [2.75, 3.05) is 18.4 Å². The minimum absolute atomic E-state index is 0.0142. The number of carboxylic acid groups (broad SMARTS) is 1. The zero-order chi connectivity index (χ0) is 39.5. The third-order valence-corrected chi connectivity index (χ3v) is 10.6. The first kappa shape index (κ1) is 39.0. The van der Waals surface area contributed by atoms with E-state index in [4.69, 9.17) is 16.3 Å². The SMILES string of the molecule is CC(=O)Nc1ccc(S(=O)(=O)N2CCC[C@@H](OC(=O)c3cc(O)c(C(=O)c4c(O)cccc4C(=O)O)c(O)c3)[C@H](NC(=O)c3ccc(O)cc3)C2)cc1Cl. The van der Waals surface area contributed by atoms with Crippen LogP contribution in [-0.4, -0.2) is 93.0 Å². The average molecular weight is 782 g/mol. The highest BCUT2D eigenvalue weighted by Crippen LogP contribution is 2.35. The largest absolute Gasteiger partial charge is 0.508 e. The number of benzene rings is 4. The molecule has 1 aliphatic heterocycles. The molecule has 2 amide bonds. The molecule has 2 atom stereocenters. The third-order valence-electron chi connectivity index (χ3n) is 8.40. The Morgan fingerprint density at radius 1 is 0.852 bits per heavy atom. The molecular weight excluding hydrogens is 750 g/mol. The van der Waals surface area contributed by atoms with Gasteiger partial charge in [0.15, 0.2) is 0 Å². The molecule has 5 rings (SSSR count). The summed E-state index contributed by atoms with van der Waals surface area (Å²) in [5, 5.41) is 56.0. The van der Waals surface area contributed by atoms with Crippen LogP contribution in [-0.2, 0) is 19.6 Å². The summed E-state index contributed by atoms with van der Waals surface area (Å²) in [6.07, 6.45) is -1.06. The summed E-state index contributed by atoms with van der Waals surface area (Å²) in [5.74, 6) is -7.87. The number of nitrogens with zero attached hydrogens (tertiary/aromatic N) is 1. The van der Waals surface area contributed by atoms with Crippen molar-refractivity contribution in [2.45, 2.75) is 36.8 Å². The predicted molar refractivity (Wildman–Crippen MR) is 191 cm³/mol. The molecule has 0 spiro atoms. The number of ether oxygens (including phenoxy) is 1. The van der Waals surface area contributed by atoms with E-state index in [9.17, 15) is 57.9 Å². The van der Waals surface area contributed by atoms with Crippen molar-refractivity contribution < 1.29 is 62.7 Å². The number of nitrogens with one attached hydrogen (secondary N) is 2. The van der Waals surface area contributed by atoms with E-state index < -0.39 is 97.8 Å². The van der Waals surface area contributed by atoms with Crippen molar-refractivity contribution in [1.29, 1.82) is 0 Å². The summed E-state index contributed by atoms with van der Waals surface area (Å²) in [4.78, 5) is 63.0. The number of ketones is 1. The Balaban J connectivity index is 1.44. The van der Waals surface area contributed by atoms with Gasteiger partial charge in [0.2, 0.25) is 21.7 Å². The lowest BCUT2D eigenvalue weighted by atomic mass is 9.95. The van der Waals surface area contributed by atoms with E-state index in [0.29, 0.717) is 0 Å². The summed E-state index contributed by atoms with van der Waals surface area (Å²) in [6, 6.07) is 12.5. The lowest BCUT2D eigenvalue weighted by molar-refractivity contribution is -0.114. The molecule has 4 aromatic rings. The topological polar surface area (TPSA) is 257 Å². The van der Waals surface area contributed by atoms with Crippen LogP contribution >= 0.6 is 11.6 Å². The molecule has 1 aliphatic rings. The highest BCUT2D eigenvalue weighted by molar-refractivity contribution is 7.89. The number of amides is 2. The molecule has 0 bridgehead atoms. The van der Waals surface area contributed by atoms with E-state index in [1.54, 1.807) is 0 Å². The maximum Gasteiger partial charge on any atom is 0.338 e. The number of carbonyl (C=O) groups excluding carboxylic acids is 4. The summed E-state index contributed by atoms with van der Waals surface area (Å²) < 4.78 is 34.5. The van der Waals surface area contributed by atoms with Crippen LogP contribution in [0.15, 0.2) is 77.7 Å². The van der Waals surface area contributed by atoms with Crippen molar-refractivity contribution in [3.63, 3.8) is 0 Å². The Labute approximate surface area is 312 Å². The molecule has 16 nitrogen and oxygen atoms in total. The van der Waals surface area contributed by atoms with Crippen LogP contribution in [0.1, 0.15) is 66.8 Å². The second-order valence-corrected chi connectivity index (χ2v) is 14.5. The van der Waals surface area contributed by atoms with E-state index >= 15 is 0 Å². The first-order valence-electron chi connectivity index (χ1n) is 16.0. The van der Waals surface area contributed by atoms with Crippen molar-refractivity contribution in [2.24, 2.45) is 0 Å². The molecule has 7 N–H and O–H groups in total. The third kappa shape index (κ3) is 8.38. The van der Waals surface area contributed by atoms with E-state index in [1.165, 1.54) is 49.4 Å². The molecule has 0 aliphatic carbocycles. The number of sulfonamides is 1. The van der Waals surface area contributed by atoms with Crippen LogP contribution in [0.5, 0.6) is 23.0 Å². The Kier molecular flexibility index (Phi) is 11.4. The number of aromatic carboxylic acids is 1. The number of phenolic OH excluding ortho intramolecular Hbond substituents is 4. The highest BCUT2D eigenvalue weighted by atomic mass is 35.5. The Bertz CT molecular complexity index is 2260. The number of anilines is 1. The minimum atomic E-state index is -4.30. The van der Waals surface area contributed by atoms with Gasteiger partial charge in [-0.1, -0.05) is 17.7 Å². The molecule has 54 heavy (non-hydrogen) atoms. The van der Waals surface area contributed by atoms with Gasteiger partial charge in [-0.2, -0.15) is 4.31 Å². The number of aromatic hydroxyl groups is 4. The molecule has 0 unspecified atom stereocenters. The van der Waals surface area contributed by atoms with Crippen molar-refractivity contribution in [3.8, 4) is 23.0 Å². The normalized spacial score (nSPS) is 16.1. The molecule has 0 radical (unpaired) electrons. The zero-order valence-corrected chi connectivity index (χ0v) is 29.7. The first-order chi connectivity index (χ1) is 25.5. The lowest BCUT2D eigenvalue weighted by Gasteiger charge is -2.29. The molecule has 4 aromatic carbocycles. The fraction of sp³-hybridized carbons (Fsp3) is 0.194. The monoisotopic (exact) mass is 781 g/mol. The van der Waals surface area contributed by atoms with Crippen LogP contribution in [0.25, 0.3) is 0 Å². The maximum absolute atomic E-state index is 13.9. The van der Waals surface area contributed by atoms with Crippen molar-refractivity contribution >= 4 is 56.8 Å². The quantitative estimate of drug-likeness (QED) is 0.0892. The van der Waals surface area contributed by atoms with E-state index in [1.807, 2.05) is 0 Å². The number of hydrogen-bond donors (Lipinski definition) is 7. The second-order valence-electron chi connectivity index (χ2n) is 12.1. The van der Waals surface area contributed by atoms with Gasteiger partial charge >= 0.3 is 11.9 Å². The summed E-state index contributed by atoms with van der Waals surface area (Å²) in [6.45, 7) is 0.758. The Morgan fingerprint density at radius 3 is 2.13 bits per heavy atom. The van der Waals surface area contributed by atoms with E-state index in [2.05, 4.69) is 10.6 Å². The Morgan fingerprint density at radius 2 is 1.52 bits per heavy atom. The summed E-state index contributed by atoms with van der Waals surface area (Å²) in [7, 11) is -4.30. The van der Waals surface area contributed by atoms with Gasteiger partial charge in [-0.3, -0.25) is 14.4 Å². The number of phenols is 4. The van der Waals surface area contributed by atoms with Gasteiger partial charge in [0.05, 0.1) is 38.3 Å². The smallest absolute Gasteiger partial charge is 0.338 e. The number of esters is 1. The molecule has 0 saturated carbocycles. The minimum Gasteiger partial charge on any atom is -0.508 e. The van der Waals surface area contributed by atoms with E-state index in [-0.39, 0.29) is 46.3 Å². The molecule has 1 heterocycles. The number of carboxylic acids is 1. The van der Waals surface area contributed by atoms with Gasteiger partial charge in [-0.05, 0) is 79.6 Å². The van der Waals surface area contributed by atoms with Gasteiger partial charge in [0.1, 0.15) is 34.7 Å². The highest BCUT2D eigenvalue weighted by Gasteiger charge is 2.37. The van der Waals surface area contributed by atoms with E-state index in [0.717, 1.165) is 34.6 Å². The number of carbonyl (C=O) groups is 5. The van der Waals surface area contributed by atoms with Gasteiger partial charge in [-0.25, -0.2) is 18.0 Å². The standard InChI is InChI=1S/C36H32ClN3O13S/c1-18(41)38-25-12-11-22(16-24(25)37)54(51,52)40-13-3-6-30(26(17-40)39-34(47)19-7-9-21(42)10-8-19)53-36(50)20-14-28(44)32(29(45)15-20)33(46)31-23(35(48)49)4-2-5-27(31)43/h2,4-5,7-12,14-16,26,30,42-45H,3,6,13,17H2,1H3,(H,38,41)(H,39,47)(H,48,49)/t26-,30-/m1/s1. The average Bonchev–Trinajstić information content (AvgIpc) is 3.30. The summed E-state index contributed by atoms with van der Waals surface area (Å²) >= 11 is 6.25. The maximum atomic E-state index is 13.9. The van der Waals surface area contributed by atoms with Crippen molar-refractivity contribution in [3.05, 3.63) is 106 Å². The molecule has 1 fully saturated rings. The summed E-state index contributed by atoms with van der Waals surface area (Å²) in [5.41, 5.74) is -2.34. The van der Waals surface area contributed by atoms with Crippen LogP contribution in [0.4, 0.5) is 5.69 Å². The van der Waals surface area contributed by atoms with Crippen LogP contribution in [0, 0.1) is 0 Å². The molecule has 18 heteroatoms. The number of halogens is 1. The van der Waals surface area contributed by atoms with Crippen LogP contribution in [0.2, 0.25) is 5.02 Å². The lowest BCUT2D eigenvalue weighted by Crippen LogP contribution is -2.51. The van der Waals surface area contributed by atoms with Gasteiger partial charge in [0, 0.05) is 25.6 Å². The molecule has 0 aromatic heterocycles. The number of hydrogen-bond acceptors (Lipinski definition) is 12. The Hall–Kier alpha value is -6.17. The van der Waals surface area contributed by atoms with Gasteiger partial charge in [0.25, 0.3) is 5.91 Å². The van der Waals surface area contributed by atoms with Crippen molar-refractivity contribution in [1.82, 2.24) is 9.62 Å². The second kappa shape index (κ2) is 15.8. The molecule has 282 valence electrons. The van der Waals surface area contributed by atoms with Crippen LogP contribution < -0.4 is 10.6 Å². The van der Waals surface area contributed by atoms with Gasteiger partial charge in [-0.15, -0.1) is 0 Å². The fourth-order valence-electron chi connectivity index (χ4n) is 5.81. The molecular formula is C36H32ClN3O13S.